The van der Waals surface area contributed by atoms with E-state index in [1.54, 1.807) is 6.26 Å². The van der Waals surface area contributed by atoms with Crippen LogP contribution in [0.2, 0.25) is 0 Å². The number of thiophene rings is 1. The predicted octanol–water partition coefficient (Wildman–Crippen LogP) is 3.14. The Morgan fingerprint density at radius 1 is 1.58 bits per heavy atom. The minimum atomic E-state index is -0.0691. The summed E-state index contributed by atoms with van der Waals surface area (Å²) in [7, 11) is 3.92. The molecule has 2 aromatic rings. The molecule has 2 rings (SSSR count). The zero-order valence-electron chi connectivity index (χ0n) is 10.7. The van der Waals surface area contributed by atoms with Crippen molar-refractivity contribution in [2.45, 2.75) is 6.04 Å². The molecule has 0 fully saturated rings. The number of rotatable bonds is 5. The standard InChI is InChI=1S/C13H15BrN2O2S/c1-16(2)10(11-4-3-5-18-11)7-15-13(17)9-6-12(14)19-8-9/h3-6,8,10H,7H2,1-2H3,(H,15,17)/t10-/m0/s1. The molecule has 2 aromatic heterocycles. The molecule has 1 atom stereocenters. The maximum absolute atomic E-state index is 12.0. The first kappa shape index (κ1) is 14.3. The molecule has 1 amide bonds. The second-order valence-corrected chi connectivity index (χ2v) is 6.63. The summed E-state index contributed by atoms with van der Waals surface area (Å²) < 4.78 is 6.35. The van der Waals surface area contributed by atoms with Crippen molar-refractivity contribution in [3.8, 4) is 0 Å². The molecule has 0 radical (unpaired) electrons. The average molecular weight is 343 g/mol. The van der Waals surface area contributed by atoms with E-state index in [0.29, 0.717) is 12.1 Å². The third-order valence-corrected chi connectivity index (χ3v) is 4.29. The summed E-state index contributed by atoms with van der Waals surface area (Å²) >= 11 is 4.85. The maximum Gasteiger partial charge on any atom is 0.252 e. The highest BCUT2D eigenvalue weighted by Gasteiger charge is 2.18. The minimum Gasteiger partial charge on any atom is -0.468 e. The Bertz CT molecular complexity index is 537. The fourth-order valence-electron chi connectivity index (χ4n) is 1.74. The zero-order valence-corrected chi connectivity index (χ0v) is 13.1. The van der Waals surface area contributed by atoms with Crippen molar-refractivity contribution >= 4 is 33.2 Å². The Labute approximate surface area is 124 Å². The van der Waals surface area contributed by atoms with Gasteiger partial charge in [0.15, 0.2) is 0 Å². The van der Waals surface area contributed by atoms with E-state index in [1.165, 1.54) is 11.3 Å². The van der Waals surface area contributed by atoms with Crippen LogP contribution in [-0.4, -0.2) is 31.4 Å². The SMILES string of the molecule is CN(C)[C@@H](CNC(=O)c1csc(Br)c1)c1ccco1. The van der Waals surface area contributed by atoms with Crippen LogP contribution in [0.5, 0.6) is 0 Å². The monoisotopic (exact) mass is 342 g/mol. The molecule has 102 valence electrons. The van der Waals surface area contributed by atoms with Gasteiger partial charge in [0.05, 0.1) is 21.7 Å². The molecule has 1 N–H and O–H groups in total. The number of halogens is 1. The fourth-order valence-corrected chi connectivity index (χ4v) is 2.88. The first-order valence-corrected chi connectivity index (χ1v) is 7.47. The van der Waals surface area contributed by atoms with Crippen molar-refractivity contribution in [2.24, 2.45) is 0 Å². The van der Waals surface area contributed by atoms with Crippen molar-refractivity contribution in [1.29, 1.82) is 0 Å². The van der Waals surface area contributed by atoms with Gasteiger partial charge in [0.1, 0.15) is 5.76 Å². The Morgan fingerprint density at radius 2 is 2.37 bits per heavy atom. The van der Waals surface area contributed by atoms with Gasteiger partial charge in [0, 0.05) is 11.9 Å². The molecule has 0 unspecified atom stereocenters. The molecule has 0 saturated carbocycles. The number of nitrogens with one attached hydrogen (secondary N) is 1. The van der Waals surface area contributed by atoms with Gasteiger partial charge in [-0.2, -0.15) is 0 Å². The van der Waals surface area contributed by atoms with Crippen molar-refractivity contribution in [1.82, 2.24) is 10.2 Å². The van der Waals surface area contributed by atoms with Gasteiger partial charge in [0.25, 0.3) is 5.91 Å². The van der Waals surface area contributed by atoms with Crippen LogP contribution >= 0.6 is 27.3 Å². The molecule has 4 nitrogen and oxygen atoms in total. The van der Waals surface area contributed by atoms with Crippen molar-refractivity contribution in [2.75, 3.05) is 20.6 Å². The number of hydrogen-bond acceptors (Lipinski definition) is 4. The molecule has 0 aliphatic heterocycles. The summed E-state index contributed by atoms with van der Waals surface area (Å²) in [5.41, 5.74) is 0.675. The normalized spacial score (nSPS) is 12.6. The van der Waals surface area contributed by atoms with Crippen LogP contribution in [0.3, 0.4) is 0 Å². The zero-order chi connectivity index (χ0) is 13.8. The van der Waals surface area contributed by atoms with Crippen LogP contribution in [-0.2, 0) is 0 Å². The summed E-state index contributed by atoms with van der Waals surface area (Å²) in [6.45, 7) is 0.507. The average Bonchev–Trinajstić information content (AvgIpc) is 3.00. The molecular weight excluding hydrogens is 328 g/mol. The van der Waals surface area contributed by atoms with Gasteiger partial charge < -0.3 is 9.73 Å². The van der Waals surface area contributed by atoms with E-state index in [0.717, 1.165) is 9.55 Å². The number of nitrogens with zero attached hydrogens (tertiary/aromatic N) is 1. The molecular formula is C13H15BrN2O2S. The summed E-state index contributed by atoms with van der Waals surface area (Å²) in [6.07, 6.45) is 1.64. The summed E-state index contributed by atoms with van der Waals surface area (Å²) in [4.78, 5) is 14.0. The van der Waals surface area contributed by atoms with E-state index in [4.69, 9.17) is 4.42 Å². The Hall–Kier alpha value is -1.11. The van der Waals surface area contributed by atoms with Crippen LogP contribution in [0, 0.1) is 0 Å². The molecule has 0 aromatic carbocycles. The lowest BCUT2D eigenvalue weighted by Crippen LogP contribution is -2.34. The summed E-state index contributed by atoms with van der Waals surface area (Å²) in [6, 6.07) is 5.61. The second kappa shape index (κ2) is 6.36. The lowest BCUT2D eigenvalue weighted by atomic mass is 10.2. The predicted molar refractivity (Wildman–Crippen MR) is 79.5 cm³/mol. The van der Waals surface area contributed by atoms with Gasteiger partial charge in [-0.25, -0.2) is 0 Å². The fraction of sp³-hybridized carbons (Fsp3) is 0.308. The Morgan fingerprint density at radius 3 is 2.89 bits per heavy atom. The van der Waals surface area contributed by atoms with Gasteiger partial charge in [0.2, 0.25) is 0 Å². The van der Waals surface area contributed by atoms with Crippen LogP contribution in [0.1, 0.15) is 22.2 Å². The first-order chi connectivity index (χ1) is 9.08. The largest absolute Gasteiger partial charge is 0.468 e. The van der Waals surface area contributed by atoms with E-state index in [1.807, 2.05) is 42.6 Å². The van der Waals surface area contributed by atoms with Gasteiger partial charge in [-0.1, -0.05) is 0 Å². The number of carbonyl (C=O) groups is 1. The smallest absolute Gasteiger partial charge is 0.252 e. The summed E-state index contributed by atoms with van der Waals surface area (Å²) in [5, 5.41) is 4.76. The van der Waals surface area contributed by atoms with Crippen molar-refractivity contribution in [3.63, 3.8) is 0 Å². The van der Waals surface area contributed by atoms with Crippen LogP contribution in [0.25, 0.3) is 0 Å². The second-order valence-electron chi connectivity index (χ2n) is 4.34. The van der Waals surface area contributed by atoms with Gasteiger partial charge in [-0.05, 0) is 48.2 Å². The molecule has 0 saturated heterocycles. The molecule has 2 heterocycles. The number of amides is 1. The van der Waals surface area contributed by atoms with Gasteiger partial charge >= 0.3 is 0 Å². The van der Waals surface area contributed by atoms with E-state index >= 15 is 0 Å². The van der Waals surface area contributed by atoms with Gasteiger partial charge in [-0.15, -0.1) is 11.3 Å². The van der Waals surface area contributed by atoms with Crippen molar-refractivity contribution in [3.05, 3.63) is 45.0 Å². The van der Waals surface area contributed by atoms with E-state index < -0.39 is 0 Å². The number of furan rings is 1. The van der Waals surface area contributed by atoms with E-state index in [2.05, 4.69) is 21.2 Å². The highest BCUT2D eigenvalue weighted by atomic mass is 79.9. The lowest BCUT2D eigenvalue weighted by Gasteiger charge is -2.22. The molecule has 6 heteroatoms. The van der Waals surface area contributed by atoms with Crippen LogP contribution in [0.4, 0.5) is 0 Å². The molecule has 0 bridgehead atoms. The highest BCUT2D eigenvalue weighted by Crippen LogP contribution is 2.21. The molecule has 0 aliphatic rings. The molecule has 19 heavy (non-hydrogen) atoms. The Balaban J connectivity index is 1.98. The number of likely N-dealkylation sites (N-methyl/N-ethyl adjacent to an activating group) is 1. The Kier molecular flexibility index (Phi) is 4.79. The lowest BCUT2D eigenvalue weighted by molar-refractivity contribution is 0.0939. The summed E-state index contributed by atoms with van der Waals surface area (Å²) in [5.74, 6) is 0.775. The maximum atomic E-state index is 12.0. The minimum absolute atomic E-state index is 0.0287. The topological polar surface area (TPSA) is 45.5 Å². The number of carbonyl (C=O) groups excluding carboxylic acids is 1. The van der Waals surface area contributed by atoms with Crippen molar-refractivity contribution < 1.29 is 9.21 Å². The third-order valence-electron chi connectivity index (χ3n) is 2.78. The number of hydrogen-bond donors (Lipinski definition) is 1. The van der Waals surface area contributed by atoms with Crippen LogP contribution < -0.4 is 5.32 Å². The molecule has 0 aliphatic carbocycles. The van der Waals surface area contributed by atoms with E-state index in [9.17, 15) is 4.79 Å². The van der Waals surface area contributed by atoms with Crippen LogP contribution in [0.15, 0.2) is 38.0 Å². The first-order valence-electron chi connectivity index (χ1n) is 5.80. The highest BCUT2D eigenvalue weighted by molar-refractivity contribution is 9.11. The third kappa shape index (κ3) is 3.68. The van der Waals surface area contributed by atoms with Gasteiger partial charge in [-0.3, -0.25) is 9.69 Å². The molecule has 0 spiro atoms. The quantitative estimate of drug-likeness (QED) is 0.907. The van der Waals surface area contributed by atoms with E-state index in [-0.39, 0.29) is 11.9 Å².